The zero-order valence-corrected chi connectivity index (χ0v) is 10.6. The first-order valence-electron chi connectivity index (χ1n) is 6.93. The summed E-state index contributed by atoms with van der Waals surface area (Å²) in [5.74, 6) is 1.01. The molecule has 1 unspecified atom stereocenters. The Bertz CT molecular complexity index is 188. The van der Waals surface area contributed by atoms with Crippen LogP contribution in [-0.4, -0.2) is 50.3 Å². The number of ether oxygens (including phenoxy) is 1. The van der Waals surface area contributed by atoms with Crippen LogP contribution in [0.1, 0.15) is 32.6 Å². The van der Waals surface area contributed by atoms with E-state index in [1.807, 2.05) is 0 Å². The van der Waals surface area contributed by atoms with Crippen molar-refractivity contribution in [1.82, 2.24) is 10.2 Å². The van der Waals surface area contributed by atoms with E-state index in [1.165, 1.54) is 45.3 Å². The molecule has 3 heteroatoms. The van der Waals surface area contributed by atoms with Gasteiger partial charge in [-0.25, -0.2) is 0 Å². The molecule has 1 saturated carbocycles. The van der Waals surface area contributed by atoms with Crippen molar-refractivity contribution in [3.63, 3.8) is 0 Å². The van der Waals surface area contributed by atoms with Crippen molar-refractivity contribution in [1.29, 1.82) is 0 Å². The van der Waals surface area contributed by atoms with Crippen molar-refractivity contribution in [3.8, 4) is 0 Å². The Labute approximate surface area is 99.5 Å². The number of nitrogens with zero attached hydrogens (tertiary/aromatic N) is 1. The van der Waals surface area contributed by atoms with E-state index in [1.54, 1.807) is 0 Å². The van der Waals surface area contributed by atoms with Gasteiger partial charge in [0.25, 0.3) is 0 Å². The lowest BCUT2D eigenvalue weighted by Crippen LogP contribution is -2.40. The van der Waals surface area contributed by atoms with Crippen LogP contribution < -0.4 is 5.32 Å². The van der Waals surface area contributed by atoms with Crippen LogP contribution in [0.5, 0.6) is 0 Å². The summed E-state index contributed by atoms with van der Waals surface area (Å²) in [7, 11) is 0. The number of nitrogens with one attached hydrogen (secondary N) is 1. The van der Waals surface area contributed by atoms with Gasteiger partial charge in [-0.3, -0.25) is 0 Å². The molecule has 1 N–H and O–H groups in total. The predicted octanol–water partition coefficient (Wildman–Crippen LogP) is 1.49. The van der Waals surface area contributed by atoms with Crippen LogP contribution in [0.4, 0.5) is 0 Å². The van der Waals surface area contributed by atoms with Gasteiger partial charge in [0, 0.05) is 26.2 Å². The molecular formula is C13H26N2O. The molecule has 1 aliphatic carbocycles. The molecule has 3 nitrogen and oxygen atoms in total. The Hall–Kier alpha value is -0.120. The molecule has 0 spiro atoms. The maximum Gasteiger partial charge on any atom is 0.0712 e. The van der Waals surface area contributed by atoms with Crippen LogP contribution >= 0.6 is 0 Å². The highest BCUT2D eigenvalue weighted by Crippen LogP contribution is 2.29. The Morgan fingerprint density at radius 2 is 2.19 bits per heavy atom. The Kier molecular flexibility index (Phi) is 5.07. The van der Waals surface area contributed by atoms with E-state index >= 15 is 0 Å². The number of rotatable bonds is 7. The molecule has 94 valence electrons. The average Bonchev–Trinajstić information content (AvgIpc) is 3.12. The van der Waals surface area contributed by atoms with Crippen molar-refractivity contribution in [2.75, 3.05) is 39.3 Å². The molecule has 0 radical (unpaired) electrons. The maximum absolute atomic E-state index is 5.74. The van der Waals surface area contributed by atoms with Crippen LogP contribution in [0.15, 0.2) is 0 Å². The van der Waals surface area contributed by atoms with E-state index in [-0.39, 0.29) is 0 Å². The summed E-state index contributed by atoms with van der Waals surface area (Å²) in [6.07, 6.45) is 5.84. The van der Waals surface area contributed by atoms with Crippen LogP contribution in [0.2, 0.25) is 0 Å². The number of morpholine rings is 1. The first kappa shape index (κ1) is 12.3. The molecule has 0 bridgehead atoms. The molecule has 0 amide bonds. The van der Waals surface area contributed by atoms with Gasteiger partial charge in [0.2, 0.25) is 0 Å². The molecule has 1 saturated heterocycles. The topological polar surface area (TPSA) is 24.5 Å². The summed E-state index contributed by atoms with van der Waals surface area (Å²) in [6.45, 7) is 9.04. The van der Waals surface area contributed by atoms with Gasteiger partial charge in [0.05, 0.1) is 12.7 Å². The Morgan fingerprint density at radius 3 is 2.81 bits per heavy atom. The minimum Gasteiger partial charge on any atom is -0.376 e. The van der Waals surface area contributed by atoms with Gasteiger partial charge in [-0.15, -0.1) is 0 Å². The second-order valence-electron chi connectivity index (χ2n) is 5.23. The average molecular weight is 226 g/mol. The second-order valence-corrected chi connectivity index (χ2v) is 5.23. The minimum absolute atomic E-state index is 0.451. The fourth-order valence-electron chi connectivity index (χ4n) is 2.41. The molecule has 2 fully saturated rings. The Balaban J connectivity index is 1.63. The van der Waals surface area contributed by atoms with Crippen molar-refractivity contribution in [3.05, 3.63) is 0 Å². The summed E-state index contributed by atoms with van der Waals surface area (Å²) < 4.78 is 5.74. The quantitative estimate of drug-likeness (QED) is 0.712. The zero-order valence-electron chi connectivity index (χ0n) is 10.6. The number of hydrogen-bond acceptors (Lipinski definition) is 3. The second kappa shape index (κ2) is 6.58. The highest BCUT2D eigenvalue weighted by atomic mass is 16.5. The first-order chi connectivity index (χ1) is 7.88. The minimum atomic E-state index is 0.451. The third-order valence-electron chi connectivity index (χ3n) is 3.52. The molecule has 0 aromatic carbocycles. The van der Waals surface area contributed by atoms with Gasteiger partial charge in [-0.2, -0.15) is 0 Å². The molecule has 16 heavy (non-hydrogen) atoms. The lowest BCUT2D eigenvalue weighted by molar-refractivity contribution is 0.0171. The highest BCUT2D eigenvalue weighted by Gasteiger charge is 2.24. The molecule has 2 aliphatic rings. The van der Waals surface area contributed by atoms with E-state index in [0.29, 0.717) is 6.10 Å². The molecule has 1 heterocycles. The molecule has 0 aromatic heterocycles. The summed E-state index contributed by atoms with van der Waals surface area (Å²) in [5.41, 5.74) is 0. The lowest BCUT2D eigenvalue weighted by Gasteiger charge is -2.27. The third kappa shape index (κ3) is 4.40. The van der Waals surface area contributed by atoms with Crippen LogP contribution in [0, 0.1) is 5.92 Å². The molecular weight excluding hydrogens is 200 g/mol. The standard InChI is InChI=1S/C13H26N2O/c1-2-7-15(11-12-3-4-12)8-5-13-10-14-6-9-16-13/h12-14H,2-11H2,1H3. The Morgan fingerprint density at radius 1 is 1.31 bits per heavy atom. The summed E-state index contributed by atoms with van der Waals surface area (Å²) in [5, 5.41) is 3.40. The fraction of sp³-hybridized carbons (Fsp3) is 1.00. The summed E-state index contributed by atoms with van der Waals surface area (Å²) >= 11 is 0. The normalized spacial score (nSPS) is 26.2. The number of hydrogen-bond donors (Lipinski definition) is 1. The summed E-state index contributed by atoms with van der Waals surface area (Å²) in [4.78, 5) is 2.63. The van der Waals surface area contributed by atoms with E-state index in [4.69, 9.17) is 4.74 Å². The van der Waals surface area contributed by atoms with E-state index < -0.39 is 0 Å². The van der Waals surface area contributed by atoms with Gasteiger partial charge in [0.1, 0.15) is 0 Å². The molecule has 1 aliphatic heterocycles. The van der Waals surface area contributed by atoms with E-state index in [9.17, 15) is 0 Å². The van der Waals surface area contributed by atoms with E-state index in [2.05, 4.69) is 17.1 Å². The fourth-order valence-corrected chi connectivity index (χ4v) is 2.41. The SMILES string of the molecule is CCCN(CCC1CNCCO1)CC1CC1. The van der Waals surface area contributed by atoms with Gasteiger partial charge < -0.3 is 15.0 Å². The van der Waals surface area contributed by atoms with Crippen LogP contribution in [0.3, 0.4) is 0 Å². The molecule has 1 atom stereocenters. The lowest BCUT2D eigenvalue weighted by atomic mass is 10.2. The van der Waals surface area contributed by atoms with Crippen molar-refractivity contribution in [2.45, 2.75) is 38.7 Å². The first-order valence-corrected chi connectivity index (χ1v) is 6.93. The smallest absolute Gasteiger partial charge is 0.0712 e. The predicted molar refractivity (Wildman–Crippen MR) is 66.7 cm³/mol. The van der Waals surface area contributed by atoms with Gasteiger partial charge in [-0.05, 0) is 38.1 Å². The van der Waals surface area contributed by atoms with Crippen molar-refractivity contribution < 1.29 is 4.74 Å². The largest absolute Gasteiger partial charge is 0.376 e. The van der Waals surface area contributed by atoms with Crippen molar-refractivity contribution >= 4 is 0 Å². The maximum atomic E-state index is 5.74. The van der Waals surface area contributed by atoms with Crippen LogP contribution in [0.25, 0.3) is 0 Å². The van der Waals surface area contributed by atoms with Crippen molar-refractivity contribution in [2.24, 2.45) is 5.92 Å². The van der Waals surface area contributed by atoms with E-state index in [0.717, 1.165) is 25.6 Å². The monoisotopic (exact) mass is 226 g/mol. The van der Waals surface area contributed by atoms with Crippen LogP contribution in [-0.2, 0) is 4.74 Å². The third-order valence-corrected chi connectivity index (χ3v) is 3.52. The zero-order chi connectivity index (χ0) is 11.2. The summed E-state index contributed by atoms with van der Waals surface area (Å²) in [6, 6.07) is 0. The van der Waals surface area contributed by atoms with Gasteiger partial charge >= 0.3 is 0 Å². The highest BCUT2D eigenvalue weighted by molar-refractivity contribution is 4.78. The van der Waals surface area contributed by atoms with Gasteiger partial charge in [-0.1, -0.05) is 6.92 Å². The molecule has 0 aromatic rings. The van der Waals surface area contributed by atoms with Gasteiger partial charge in [0.15, 0.2) is 0 Å². The molecule has 2 rings (SSSR count).